The molecule has 0 radical (unpaired) electrons. The molecule has 1 saturated carbocycles. The largest absolute Gasteiger partial charge is 0.351 e. The van der Waals surface area contributed by atoms with Crippen LogP contribution in [0.3, 0.4) is 0 Å². The lowest BCUT2D eigenvalue weighted by Gasteiger charge is -2.19. The SMILES string of the molecule is CCN(CCNC(=O)C=Cc1c(C)nn(-c2ccccc2)c1C)C1CC1. The second-order valence-corrected chi connectivity index (χ2v) is 6.82. The normalized spacial score (nSPS) is 14.3. The van der Waals surface area contributed by atoms with Crippen molar-refractivity contribution in [2.75, 3.05) is 19.6 Å². The summed E-state index contributed by atoms with van der Waals surface area (Å²) in [6, 6.07) is 10.8. The summed E-state index contributed by atoms with van der Waals surface area (Å²) in [6.07, 6.45) is 6.07. The Hall–Kier alpha value is -2.40. The number of benzene rings is 1. The number of amides is 1. The van der Waals surface area contributed by atoms with Gasteiger partial charge in [-0.05, 0) is 51.4 Å². The molecule has 1 N–H and O–H groups in total. The van der Waals surface area contributed by atoms with E-state index in [0.29, 0.717) is 6.54 Å². The van der Waals surface area contributed by atoms with Gasteiger partial charge in [0.05, 0.1) is 11.4 Å². The molecule has 5 heteroatoms. The lowest BCUT2D eigenvalue weighted by atomic mass is 10.2. The molecule has 0 unspecified atom stereocenters. The quantitative estimate of drug-likeness (QED) is 0.743. The molecule has 5 nitrogen and oxygen atoms in total. The van der Waals surface area contributed by atoms with Crippen LogP contribution in [0.5, 0.6) is 0 Å². The van der Waals surface area contributed by atoms with Gasteiger partial charge in [0.15, 0.2) is 0 Å². The molecule has 1 aliphatic rings. The fourth-order valence-electron chi connectivity index (χ4n) is 3.30. The molecule has 1 aliphatic carbocycles. The van der Waals surface area contributed by atoms with Gasteiger partial charge in [-0.25, -0.2) is 4.68 Å². The molecule has 2 aromatic rings. The summed E-state index contributed by atoms with van der Waals surface area (Å²) in [6.45, 7) is 8.83. The van der Waals surface area contributed by atoms with E-state index in [-0.39, 0.29) is 5.91 Å². The first-order chi connectivity index (χ1) is 12.6. The van der Waals surface area contributed by atoms with Gasteiger partial charge in [-0.2, -0.15) is 5.10 Å². The van der Waals surface area contributed by atoms with Crippen molar-refractivity contribution in [2.45, 2.75) is 39.7 Å². The van der Waals surface area contributed by atoms with Crippen molar-refractivity contribution < 1.29 is 4.79 Å². The molecule has 0 spiro atoms. The molecule has 1 amide bonds. The van der Waals surface area contributed by atoms with Crippen LogP contribution in [0.15, 0.2) is 36.4 Å². The van der Waals surface area contributed by atoms with Crippen LogP contribution in [0.4, 0.5) is 0 Å². The Labute approximate surface area is 155 Å². The number of likely N-dealkylation sites (N-methyl/N-ethyl adjacent to an activating group) is 1. The first-order valence-corrected chi connectivity index (χ1v) is 9.41. The predicted molar refractivity (Wildman–Crippen MR) is 105 cm³/mol. The van der Waals surface area contributed by atoms with Crippen molar-refractivity contribution in [3.05, 3.63) is 53.4 Å². The molecule has 3 rings (SSSR count). The van der Waals surface area contributed by atoms with Crippen molar-refractivity contribution in [1.82, 2.24) is 20.0 Å². The second kappa shape index (κ2) is 8.32. The summed E-state index contributed by atoms with van der Waals surface area (Å²) in [5.41, 5.74) is 3.97. The zero-order valence-electron chi connectivity index (χ0n) is 15.9. The third kappa shape index (κ3) is 4.41. The Balaban J connectivity index is 1.59. The van der Waals surface area contributed by atoms with Gasteiger partial charge in [0.25, 0.3) is 0 Å². The number of nitrogens with zero attached hydrogens (tertiary/aromatic N) is 3. The van der Waals surface area contributed by atoms with Gasteiger partial charge < -0.3 is 5.32 Å². The number of hydrogen-bond donors (Lipinski definition) is 1. The van der Waals surface area contributed by atoms with Crippen LogP contribution in [0.1, 0.15) is 36.7 Å². The molecule has 1 heterocycles. The maximum Gasteiger partial charge on any atom is 0.244 e. The Morgan fingerprint density at radius 3 is 2.69 bits per heavy atom. The topological polar surface area (TPSA) is 50.2 Å². The van der Waals surface area contributed by atoms with E-state index in [0.717, 1.165) is 41.8 Å². The molecule has 1 aromatic heterocycles. The molecule has 1 fully saturated rings. The third-order valence-corrected chi connectivity index (χ3v) is 4.92. The molecule has 26 heavy (non-hydrogen) atoms. The van der Waals surface area contributed by atoms with E-state index < -0.39 is 0 Å². The highest BCUT2D eigenvalue weighted by molar-refractivity contribution is 5.92. The van der Waals surface area contributed by atoms with Crippen molar-refractivity contribution in [3.63, 3.8) is 0 Å². The lowest BCUT2D eigenvalue weighted by Crippen LogP contribution is -2.35. The highest BCUT2D eigenvalue weighted by Crippen LogP contribution is 2.25. The van der Waals surface area contributed by atoms with Crippen LogP contribution >= 0.6 is 0 Å². The van der Waals surface area contributed by atoms with E-state index >= 15 is 0 Å². The first kappa shape index (κ1) is 18.4. The van der Waals surface area contributed by atoms with E-state index in [1.54, 1.807) is 6.08 Å². The fourth-order valence-corrected chi connectivity index (χ4v) is 3.30. The molecular formula is C21H28N4O. The summed E-state index contributed by atoms with van der Waals surface area (Å²) >= 11 is 0. The number of carbonyl (C=O) groups is 1. The zero-order valence-corrected chi connectivity index (χ0v) is 15.9. The Bertz CT molecular complexity index is 775. The van der Waals surface area contributed by atoms with Gasteiger partial charge >= 0.3 is 0 Å². The van der Waals surface area contributed by atoms with Crippen LogP contribution in [0, 0.1) is 13.8 Å². The average molecular weight is 352 g/mol. The summed E-state index contributed by atoms with van der Waals surface area (Å²) < 4.78 is 1.92. The van der Waals surface area contributed by atoms with Crippen molar-refractivity contribution >= 4 is 12.0 Å². The smallest absolute Gasteiger partial charge is 0.244 e. The second-order valence-electron chi connectivity index (χ2n) is 6.82. The Morgan fingerprint density at radius 2 is 2.04 bits per heavy atom. The zero-order chi connectivity index (χ0) is 18.5. The van der Waals surface area contributed by atoms with E-state index in [4.69, 9.17) is 0 Å². The molecule has 0 bridgehead atoms. The number of para-hydroxylation sites is 1. The van der Waals surface area contributed by atoms with E-state index in [1.807, 2.05) is 54.9 Å². The highest BCUT2D eigenvalue weighted by Gasteiger charge is 2.27. The minimum absolute atomic E-state index is 0.0527. The van der Waals surface area contributed by atoms with Crippen molar-refractivity contribution in [3.8, 4) is 5.69 Å². The summed E-state index contributed by atoms with van der Waals surface area (Å²) in [7, 11) is 0. The van der Waals surface area contributed by atoms with Gasteiger partial charge in [0, 0.05) is 36.5 Å². The number of hydrogen-bond acceptors (Lipinski definition) is 3. The van der Waals surface area contributed by atoms with Gasteiger partial charge in [-0.3, -0.25) is 9.69 Å². The summed E-state index contributed by atoms with van der Waals surface area (Å²) in [4.78, 5) is 14.6. The maximum absolute atomic E-state index is 12.1. The predicted octanol–water partition coefficient (Wildman–Crippen LogP) is 3.10. The number of aromatic nitrogens is 2. The van der Waals surface area contributed by atoms with Crippen LogP contribution in [-0.2, 0) is 4.79 Å². The Morgan fingerprint density at radius 1 is 1.31 bits per heavy atom. The van der Waals surface area contributed by atoms with E-state index in [2.05, 4.69) is 22.2 Å². The van der Waals surface area contributed by atoms with Gasteiger partial charge in [-0.15, -0.1) is 0 Å². The highest BCUT2D eigenvalue weighted by atomic mass is 16.1. The molecule has 1 aromatic carbocycles. The fraction of sp³-hybridized carbons (Fsp3) is 0.429. The van der Waals surface area contributed by atoms with Gasteiger partial charge in [0.1, 0.15) is 0 Å². The van der Waals surface area contributed by atoms with Crippen LogP contribution < -0.4 is 5.32 Å². The third-order valence-electron chi connectivity index (χ3n) is 4.92. The van der Waals surface area contributed by atoms with E-state index in [9.17, 15) is 4.79 Å². The molecule has 0 aliphatic heterocycles. The van der Waals surface area contributed by atoms with Crippen LogP contribution in [0.2, 0.25) is 0 Å². The lowest BCUT2D eigenvalue weighted by molar-refractivity contribution is -0.116. The Kier molecular flexibility index (Phi) is 5.89. The number of aryl methyl sites for hydroxylation is 1. The van der Waals surface area contributed by atoms with E-state index in [1.165, 1.54) is 12.8 Å². The molecule has 138 valence electrons. The number of rotatable bonds is 8. The van der Waals surface area contributed by atoms with Crippen LogP contribution in [-0.4, -0.2) is 46.3 Å². The molecular weight excluding hydrogens is 324 g/mol. The van der Waals surface area contributed by atoms with Crippen LogP contribution in [0.25, 0.3) is 11.8 Å². The van der Waals surface area contributed by atoms with Crippen molar-refractivity contribution in [2.24, 2.45) is 0 Å². The molecule has 0 atom stereocenters. The molecule has 0 saturated heterocycles. The first-order valence-electron chi connectivity index (χ1n) is 9.41. The average Bonchev–Trinajstić information content (AvgIpc) is 3.44. The summed E-state index contributed by atoms with van der Waals surface area (Å²) in [5.74, 6) is -0.0527. The number of nitrogens with one attached hydrogen (secondary N) is 1. The standard InChI is InChI=1S/C21H28N4O/c1-4-24(18-10-11-18)15-14-22-21(26)13-12-20-16(2)23-25(17(20)3)19-8-6-5-7-9-19/h5-9,12-13,18H,4,10-11,14-15H2,1-3H3,(H,22,26). The summed E-state index contributed by atoms with van der Waals surface area (Å²) in [5, 5.41) is 7.59. The van der Waals surface area contributed by atoms with Gasteiger partial charge in [0.2, 0.25) is 5.91 Å². The minimum Gasteiger partial charge on any atom is -0.351 e. The monoisotopic (exact) mass is 352 g/mol. The number of carbonyl (C=O) groups excluding carboxylic acids is 1. The maximum atomic E-state index is 12.1. The van der Waals surface area contributed by atoms with Gasteiger partial charge in [-0.1, -0.05) is 25.1 Å². The van der Waals surface area contributed by atoms with Crippen molar-refractivity contribution in [1.29, 1.82) is 0 Å². The minimum atomic E-state index is -0.0527.